The predicted molar refractivity (Wildman–Crippen MR) is 124 cm³/mol. The summed E-state index contributed by atoms with van der Waals surface area (Å²) in [5.41, 5.74) is 5.58. The average Bonchev–Trinajstić information content (AvgIpc) is 3.46. The number of Topliss-reactive ketones (excluding diaryl/α,β-unsaturated/α-hetero) is 1. The van der Waals surface area contributed by atoms with Gasteiger partial charge in [-0.1, -0.05) is 42.1 Å². The first-order valence-corrected chi connectivity index (χ1v) is 11.2. The van der Waals surface area contributed by atoms with E-state index in [1.807, 2.05) is 30.3 Å². The molecule has 3 heterocycles. The molecule has 0 atom stereocenters. The van der Waals surface area contributed by atoms with Crippen LogP contribution in [-0.4, -0.2) is 35.4 Å². The number of carbonyl (C=O) groups is 1. The Morgan fingerprint density at radius 1 is 1.09 bits per heavy atom. The van der Waals surface area contributed by atoms with Crippen LogP contribution in [0.5, 0.6) is 0 Å². The summed E-state index contributed by atoms with van der Waals surface area (Å²) in [6.07, 6.45) is 1.53. The predicted octanol–water partition coefficient (Wildman–Crippen LogP) is 2.02. The average molecular weight is 467 g/mol. The Balaban J connectivity index is 1.64. The first-order chi connectivity index (χ1) is 15.9. The number of nitrogens with zero attached hydrogens (tertiary/aromatic N) is 5. The van der Waals surface area contributed by atoms with Crippen LogP contribution < -0.4 is 17.0 Å². The van der Waals surface area contributed by atoms with Gasteiger partial charge in [0, 0.05) is 13.6 Å². The second-order valence-electron chi connectivity index (χ2n) is 7.22. The Hall–Kier alpha value is -3.86. The van der Waals surface area contributed by atoms with Gasteiger partial charge in [-0.3, -0.25) is 18.7 Å². The zero-order valence-corrected chi connectivity index (χ0v) is 18.9. The maximum Gasteiger partial charge on any atom is 0.332 e. The fraction of sp³-hybridized carbons (Fsp3) is 0.227. The molecule has 0 radical (unpaired) electrons. The second kappa shape index (κ2) is 9.33. The molecule has 4 rings (SSSR count). The Bertz CT molecular complexity index is 1400. The summed E-state index contributed by atoms with van der Waals surface area (Å²) >= 11 is 1.12. The van der Waals surface area contributed by atoms with Crippen molar-refractivity contribution >= 4 is 23.4 Å². The molecule has 0 amide bonds. The summed E-state index contributed by atoms with van der Waals surface area (Å²) in [6.45, 7) is 1.94. The van der Waals surface area contributed by atoms with Gasteiger partial charge < -0.3 is 14.7 Å². The number of hydrogen-bond acceptors (Lipinski definition) is 8. The van der Waals surface area contributed by atoms with Crippen LogP contribution in [0.3, 0.4) is 0 Å². The lowest BCUT2D eigenvalue weighted by atomic mass is 10.2. The highest BCUT2D eigenvalue weighted by Crippen LogP contribution is 2.23. The van der Waals surface area contributed by atoms with Crippen LogP contribution in [0.25, 0.3) is 11.6 Å². The molecule has 2 N–H and O–H groups in total. The Morgan fingerprint density at radius 2 is 1.85 bits per heavy atom. The number of hydrogen-bond donors (Lipinski definition) is 1. The van der Waals surface area contributed by atoms with Crippen molar-refractivity contribution in [3.05, 3.63) is 80.7 Å². The van der Waals surface area contributed by atoms with Crippen LogP contribution in [0, 0.1) is 0 Å². The highest BCUT2D eigenvalue weighted by atomic mass is 32.2. The SMILES string of the molecule is CCn1c(=O)c(C(=O)CSc2nnc(-c3ccco3)n2C)c(N)n(Cc2ccccc2)c1=O. The van der Waals surface area contributed by atoms with E-state index in [0.29, 0.717) is 16.7 Å². The van der Waals surface area contributed by atoms with Gasteiger partial charge >= 0.3 is 5.69 Å². The van der Waals surface area contributed by atoms with Gasteiger partial charge in [-0.15, -0.1) is 10.2 Å². The summed E-state index contributed by atoms with van der Waals surface area (Å²) in [5, 5.41) is 8.67. The number of aromatic nitrogens is 5. The maximum absolute atomic E-state index is 13.1. The number of nitrogen functional groups attached to an aromatic ring is 1. The van der Waals surface area contributed by atoms with E-state index in [1.165, 1.54) is 10.8 Å². The maximum atomic E-state index is 13.1. The molecule has 1 aromatic carbocycles. The molecule has 0 spiro atoms. The highest BCUT2D eigenvalue weighted by molar-refractivity contribution is 7.99. The van der Waals surface area contributed by atoms with Gasteiger partial charge in [0.25, 0.3) is 5.56 Å². The van der Waals surface area contributed by atoms with Crippen LogP contribution in [0.1, 0.15) is 22.8 Å². The summed E-state index contributed by atoms with van der Waals surface area (Å²) in [5.74, 6) is 0.328. The van der Waals surface area contributed by atoms with E-state index >= 15 is 0 Å². The molecule has 0 bridgehead atoms. The molecule has 3 aromatic heterocycles. The van der Waals surface area contributed by atoms with Gasteiger partial charge in [0.15, 0.2) is 22.5 Å². The van der Waals surface area contributed by atoms with E-state index < -0.39 is 17.0 Å². The van der Waals surface area contributed by atoms with Crippen molar-refractivity contribution < 1.29 is 9.21 Å². The molecular formula is C22H22N6O4S. The minimum Gasteiger partial charge on any atom is -0.461 e. The van der Waals surface area contributed by atoms with Gasteiger partial charge in [-0.2, -0.15) is 0 Å². The fourth-order valence-electron chi connectivity index (χ4n) is 3.44. The van der Waals surface area contributed by atoms with Crippen molar-refractivity contribution in [3.8, 4) is 11.6 Å². The monoisotopic (exact) mass is 466 g/mol. The molecule has 0 aliphatic heterocycles. The molecule has 0 saturated carbocycles. The lowest BCUT2D eigenvalue weighted by molar-refractivity contribution is 0.102. The van der Waals surface area contributed by atoms with E-state index in [9.17, 15) is 14.4 Å². The Labute approximate surface area is 192 Å². The smallest absolute Gasteiger partial charge is 0.332 e. The number of thioether (sulfide) groups is 1. The van der Waals surface area contributed by atoms with Gasteiger partial charge in [-0.05, 0) is 24.6 Å². The first kappa shape index (κ1) is 22.3. The molecule has 0 aliphatic carbocycles. The highest BCUT2D eigenvalue weighted by Gasteiger charge is 2.23. The number of benzene rings is 1. The summed E-state index contributed by atoms with van der Waals surface area (Å²) in [4.78, 5) is 38.9. The molecule has 11 heteroatoms. The Morgan fingerprint density at radius 3 is 2.52 bits per heavy atom. The van der Waals surface area contributed by atoms with E-state index in [-0.39, 0.29) is 30.2 Å². The number of carbonyl (C=O) groups excluding carboxylic acids is 1. The second-order valence-corrected chi connectivity index (χ2v) is 8.16. The van der Waals surface area contributed by atoms with Gasteiger partial charge in [0.2, 0.25) is 0 Å². The zero-order chi connectivity index (χ0) is 23.5. The lowest BCUT2D eigenvalue weighted by Gasteiger charge is -2.15. The van der Waals surface area contributed by atoms with Crippen LogP contribution in [0.4, 0.5) is 5.82 Å². The van der Waals surface area contributed by atoms with Crippen molar-refractivity contribution in [1.29, 1.82) is 0 Å². The summed E-state index contributed by atoms with van der Waals surface area (Å²) in [7, 11) is 1.75. The molecule has 0 aliphatic rings. The molecular weight excluding hydrogens is 444 g/mol. The number of ketones is 1. The van der Waals surface area contributed by atoms with Crippen LogP contribution in [0.2, 0.25) is 0 Å². The number of anilines is 1. The van der Waals surface area contributed by atoms with Crippen LogP contribution in [0.15, 0.2) is 67.9 Å². The van der Waals surface area contributed by atoms with E-state index in [0.717, 1.165) is 21.9 Å². The third-order valence-corrected chi connectivity index (χ3v) is 6.18. The largest absolute Gasteiger partial charge is 0.461 e. The number of nitrogens with two attached hydrogens (primary N) is 1. The summed E-state index contributed by atoms with van der Waals surface area (Å²) in [6, 6.07) is 12.7. The van der Waals surface area contributed by atoms with E-state index in [4.69, 9.17) is 10.2 Å². The molecule has 10 nitrogen and oxygen atoms in total. The lowest BCUT2D eigenvalue weighted by Crippen LogP contribution is -2.44. The summed E-state index contributed by atoms with van der Waals surface area (Å²) < 4.78 is 9.32. The number of rotatable bonds is 8. The van der Waals surface area contributed by atoms with Crippen LogP contribution in [-0.2, 0) is 20.1 Å². The molecule has 0 unspecified atom stereocenters. The molecule has 0 fully saturated rings. The third kappa shape index (κ3) is 4.27. The van der Waals surface area contributed by atoms with E-state index in [1.54, 1.807) is 30.7 Å². The van der Waals surface area contributed by atoms with Crippen LogP contribution >= 0.6 is 11.8 Å². The van der Waals surface area contributed by atoms with Gasteiger partial charge in [-0.25, -0.2) is 4.79 Å². The topological polar surface area (TPSA) is 131 Å². The quantitative estimate of drug-likeness (QED) is 0.308. The van der Waals surface area contributed by atoms with Crippen molar-refractivity contribution in [2.75, 3.05) is 11.5 Å². The zero-order valence-electron chi connectivity index (χ0n) is 18.1. The minimum absolute atomic E-state index is 0.100. The van der Waals surface area contributed by atoms with Gasteiger partial charge in [0.1, 0.15) is 11.4 Å². The van der Waals surface area contributed by atoms with Crippen molar-refractivity contribution in [3.63, 3.8) is 0 Å². The standard InChI is InChI=1S/C22H22N6O4S/c1-3-27-20(30)17(18(23)28(22(27)31)12-14-8-5-4-6-9-14)15(29)13-33-21-25-24-19(26(21)2)16-10-7-11-32-16/h4-11H,3,12-13,23H2,1-2H3. The van der Waals surface area contributed by atoms with Crippen molar-refractivity contribution in [1.82, 2.24) is 23.9 Å². The first-order valence-electron chi connectivity index (χ1n) is 10.2. The normalized spacial score (nSPS) is 11.1. The Kier molecular flexibility index (Phi) is 6.31. The number of furan rings is 1. The van der Waals surface area contributed by atoms with Crippen molar-refractivity contribution in [2.45, 2.75) is 25.2 Å². The third-order valence-electron chi connectivity index (χ3n) is 5.16. The minimum atomic E-state index is -0.691. The van der Waals surface area contributed by atoms with Gasteiger partial charge in [0.05, 0.1) is 18.6 Å². The molecule has 33 heavy (non-hydrogen) atoms. The fourth-order valence-corrected chi connectivity index (χ4v) is 4.22. The molecule has 0 saturated heterocycles. The van der Waals surface area contributed by atoms with Crippen molar-refractivity contribution in [2.24, 2.45) is 7.05 Å². The van der Waals surface area contributed by atoms with E-state index in [2.05, 4.69) is 10.2 Å². The molecule has 4 aromatic rings. The molecule has 170 valence electrons.